The molecule has 3 rings (SSSR count). The predicted molar refractivity (Wildman–Crippen MR) is 134 cm³/mol. The third kappa shape index (κ3) is 6.61. The second-order valence-electron chi connectivity index (χ2n) is 7.13. The summed E-state index contributed by atoms with van der Waals surface area (Å²) in [6.45, 7) is 4.72. The third-order valence-electron chi connectivity index (χ3n) is 4.63. The molecule has 0 heterocycles. The quantitative estimate of drug-likeness (QED) is 0.256. The summed E-state index contributed by atoms with van der Waals surface area (Å²) >= 11 is 9.62. The van der Waals surface area contributed by atoms with Crippen molar-refractivity contribution < 1.29 is 14.3 Å². The Morgan fingerprint density at radius 3 is 2.58 bits per heavy atom. The number of aryl methyl sites for hydroxylation is 1. The molecule has 0 aliphatic rings. The molecule has 0 aromatic heterocycles. The largest absolute Gasteiger partial charge is 0.490 e. The van der Waals surface area contributed by atoms with Crippen molar-refractivity contribution in [1.29, 1.82) is 5.26 Å². The number of rotatable bonds is 8. The van der Waals surface area contributed by atoms with Crippen LogP contribution in [0.3, 0.4) is 0 Å². The van der Waals surface area contributed by atoms with Crippen molar-refractivity contribution >= 4 is 45.2 Å². The fourth-order valence-electron chi connectivity index (χ4n) is 3.06. The van der Waals surface area contributed by atoms with Crippen LogP contribution in [0, 0.1) is 18.3 Å². The lowest BCUT2D eigenvalue weighted by Crippen LogP contribution is -2.13. The first-order valence-corrected chi connectivity index (χ1v) is 11.4. The standard InChI is InChI=1S/C26H22BrClN2O3/c1-3-32-24-13-19(12-20(15-29)26(31)30-23-10-5-4-9-22(23)28)21(27)14-25(24)33-16-18-8-6-7-17(2)11-18/h4-14H,3,16H2,1-2H3,(H,30,31)/b20-12+. The van der Waals surface area contributed by atoms with Crippen molar-refractivity contribution in [3.63, 3.8) is 0 Å². The second kappa shape index (κ2) is 11.6. The number of halogens is 2. The summed E-state index contributed by atoms with van der Waals surface area (Å²) in [5.74, 6) is 0.514. The third-order valence-corrected chi connectivity index (χ3v) is 5.64. The molecule has 1 N–H and O–H groups in total. The van der Waals surface area contributed by atoms with E-state index >= 15 is 0 Å². The molecule has 0 radical (unpaired) electrons. The molecule has 0 spiro atoms. The minimum Gasteiger partial charge on any atom is -0.490 e. The van der Waals surface area contributed by atoms with E-state index in [1.165, 1.54) is 6.08 Å². The predicted octanol–water partition coefficient (Wildman–Crippen LogP) is 6.93. The van der Waals surface area contributed by atoms with Crippen molar-refractivity contribution in [2.24, 2.45) is 0 Å². The number of benzene rings is 3. The van der Waals surface area contributed by atoms with Crippen molar-refractivity contribution in [1.82, 2.24) is 0 Å². The van der Waals surface area contributed by atoms with Crippen LogP contribution < -0.4 is 14.8 Å². The number of nitrogens with zero attached hydrogens (tertiary/aromatic N) is 1. The van der Waals surface area contributed by atoms with Crippen LogP contribution in [0.5, 0.6) is 11.5 Å². The van der Waals surface area contributed by atoms with Gasteiger partial charge in [0.2, 0.25) is 0 Å². The molecule has 0 saturated carbocycles. The molecule has 0 saturated heterocycles. The summed E-state index contributed by atoms with van der Waals surface area (Å²) in [6, 6.07) is 20.4. The van der Waals surface area contributed by atoms with E-state index in [2.05, 4.69) is 27.3 Å². The smallest absolute Gasteiger partial charge is 0.266 e. The average Bonchev–Trinajstić information content (AvgIpc) is 2.79. The van der Waals surface area contributed by atoms with E-state index in [0.717, 1.165) is 11.1 Å². The van der Waals surface area contributed by atoms with Gasteiger partial charge in [0.1, 0.15) is 18.2 Å². The van der Waals surface area contributed by atoms with E-state index < -0.39 is 5.91 Å². The Kier molecular flexibility index (Phi) is 8.53. The number of anilines is 1. The lowest BCUT2D eigenvalue weighted by molar-refractivity contribution is -0.112. The average molecular weight is 526 g/mol. The van der Waals surface area contributed by atoms with E-state index in [1.54, 1.807) is 36.4 Å². The summed E-state index contributed by atoms with van der Waals surface area (Å²) in [5, 5.41) is 12.6. The number of ether oxygens (including phenoxy) is 2. The normalized spacial score (nSPS) is 10.9. The fourth-order valence-corrected chi connectivity index (χ4v) is 3.68. The Labute approximate surface area is 206 Å². The van der Waals surface area contributed by atoms with Crippen molar-refractivity contribution in [3.8, 4) is 17.6 Å². The van der Waals surface area contributed by atoms with Crippen LogP contribution in [0.15, 0.2) is 70.7 Å². The van der Waals surface area contributed by atoms with Gasteiger partial charge in [-0.1, -0.05) is 69.5 Å². The minimum atomic E-state index is -0.560. The molecule has 168 valence electrons. The van der Waals surface area contributed by atoms with Crippen LogP contribution in [0.25, 0.3) is 6.08 Å². The van der Waals surface area contributed by atoms with Crippen LogP contribution in [0.1, 0.15) is 23.6 Å². The summed E-state index contributed by atoms with van der Waals surface area (Å²) in [5.41, 5.74) is 3.15. The van der Waals surface area contributed by atoms with E-state index in [9.17, 15) is 10.1 Å². The van der Waals surface area contributed by atoms with Crippen molar-refractivity contribution in [2.45, 2.75) is 20.5 Å². The Hall–Kier alpha value is -3.27. The van der Waals surface area contributed by atoms with Crippen LogP contribution in [-0.2, 0) is 11.4 Å². The first-order chi connectivity index (χ1) is 15.9. The summed E-state index contributed by atoms with van der Waals surface area (Å²) < 4.78 is 12.4. The highest BCUT2D eigenvalue weighted by molar-refractivity contribution is 9.10. The van der Waals surface area contributed by atoms with Crippen molar-refractivity contribution in [2.75, 3.05) is 11.9 Å². The number of para-hydroxylation sites is 1. The molecule has 7 heteroatoms. The zero-order chi connectivity index (χ0) is 23.8. The van der Waals surface area contributed by atoms with Gasteiger partial charge in [-0.05, 0) is 55.3 Å². The molecular weight excluding hydrogens is 504 g/mol. The molecule has 1 amide bonds. The molecule has 0 atom stereocenters. The van der Waals surface area contributed by atoms with Gasteiger partial charge in [0, 0.05) is 4.47 Å². The molecule has 0 aliphatic carbocycles. The SMILES string of the molecule is CCOc1cc(/C=C(\C#N)C(=O)Nc2ccccc2Cl)c(Br)cc1OCc1cccc(C)c1. The molecule has 3 aromatic rings. The van der Waals surface area contributed by atoms with Gasteiger partial charge in [-0.15, -0.1) is 0 Å². The number of carbonyl (C=O) groups excluding carboxylic acids is 1. The first kappa shape index (κ1) is 24.4. The number of carbonyl (C=O) groups is 1. The number of hydrogen-bond acceptors (Lipinski definition) is 4. The van der Waals surface area contributed by atoms with Gasteiger partial charge in [-0.3, -0.25) is 4.79 Å². The zero-order valence-electron chi connectivity index (χ0n) is 18.2. The van der Waals surface area contributed by atoms with Gasteiger partial charge in [0.15, 0.2) is 11.5 Å². The van der Waals surface area contributed by atoms with Gasteiger partial charge in [0.05, 0.1) is 17.3 Å². The van der Waals surface area contributed by atoms with Gasteiger partial charge in [-0.25, -0.2) is 0 Å². The van der Waals surface area contributed by atoms with E-state index in [1.807, 2.05) is 38.1 Å². The van der Waals surface area contributed by atoms with E-state index in [-0.39, 0.29) is 5.57 Å². The van der Waals surface area contributed by atoms with Gasteiger partial charge in [-0.2, -0.15) is 5.26 Å². The van der Waals surface area contributed by atoms with Crippen LogP contribution in [0.2, 0.25) is 5.02 Å². The van der Waals surface area contributed by atoms with E-state index in [4.69, 9.17) is 21.1 Å². The maximum Gasteiger partial charge on any atom is 0.266 e. The molecule has 33 heavy (non-hydrogen) atoms. The molecule has 0 aliphatic heterocycles. The number of nitrogens with one attached hydrogen (secondary N) is 1. The van der Waals surface area contributed by atoms with Crippen molar-refractivity contribution in [3.05, 3.63) is 92.4 Å². The van der Waals surface area contributed by atoms with Crippen LogP contribution in [0.4, 0.5) is 5.69 Å². The Morgan fingerprint density at radius 2 is 1.88 bits per heavy atom. The highest BCUT2D eigenvalue weighted by atomic mass is 79.9. The molecule has 0 bridgehead atoms. The maximum absolute atomic E-state index is 12.6. The lowest BCUT2D eigenvalue weighted by Gasteiger charge is -2.14. The topological polar surface area (TPSA) is 71.3 Å². The second-order valence-corrected chi connectivity index (χ2v) is 8.40. The lowest BCUT2D eigenvalue weighted by atomic mass is 10.1. The highest BCUT2D eigenvalue weighted by Crippen LogP contribution is 2.35. The fraction of sp³-hybridized carbons (Fsp3) is 0.154. The minimum absolute atomic E-state index is 0.0773. The monoisotopic (exact) mass is 524 g/mol. The molecule has 0 fully saturated rings. The zero-order valence-corrected chi connectivity index (χ0v) is 20.5. The van der Waals surface area contributed by atoms with E-state index in [0.29, 0.717) is 45.5 Å². The number of nitriles is 1. The van der Waals surface area contributed by atoms with Gasteiger partial charge >= 0.3 is 0 Å². The van der Waals surface area contributed by atoms with Crippen LogP contribution in [-0.4, -0.2) is 12.5 Å². The summed E-state index contributed by atoms with van der Waals surface area (Å²) in [6.07, 6.45) is 1.49. The van der Waals surface area contributed by atoms with Crippen LogP contribution >= 0.6 is 27.5 Å². The molecule has 3 aromatic carbocycles. The first-order valence-electron chi connectivity index (χ1n) is 10.2. The Morgan fingerprint density at radius 1 is 1.12 bits per heavy atom. The molecule has 0 unspecified atom stereocenters. The molecule has 5 nitrogen and oxygen atoms in total. The van der Waals surface area contributed by atoms with Gasteiger partial charge < -0.3 is 14.8 Å². The number of hydrogen-bond donors (Lipinski definition) is 1. The summed E-state index contributed by atoms with van der Waals surface area (Å²) in [7, 11) is 0. The highest BCUT2D eigenvalue weighted by Gasteiger charge is 2.15. The molecular formula is C26H22BrClN2O3. The summed E-state index contributed by atoms with van der Waals surface area (Å²) in [4.78, 5) is 12.6. The Balaban J connectivity index is 1.86. The Bertz CT molecular complexity index is 1230. The van der Waals surface area contributed by atoms with Gasteiger partial charge in [0.25, 0.3) is 5.91 Å². The number of amides is 1. The maximum atomic E-state index is 12.6.